The molecule has 0 saturated heterocycles. The van der Waals surface area contributed by atoms with Crippen molar-refractivity contribution in [3.05, 3.63) is 25.3 Å². The van der Waals surface area contributed by atoms with Gasteiger partial charge in [-0.3, -0.25) is 0 Å². The molecular weight excluding hydrogens is 208 g/mol. The minimum atomic E-state index is 0.313. The number of hydrogen-bond acceptors (Lipinski definition) is 3. The molecule has 2 nitrogen and oxygen atoms in total. The van der Waals surface area contributed by atoms with Gasteiger partial charge in [-0.1, -0.05) is 12.2 Å². The highest BCUT2D eigenvalue weighted by Crippen LogP contribution is 2.20. The van der Waals surface area contributed by atoms with Crippen LogP contribution >= 0.6 is 11.8 Å². The summed E-state index contributed by atoms with van der Waals surface area (Å²) < 4.78 is 10.7. The Bertz CT molecular complexity index is 153. The van der Waals surface area contributed by atoms with Crippen molar-refractivity contribution in [2.75, 3.05) is 26.4 Å². The van der Waals surface area contributed by atoms with Crippen LogP contribution in [0.3, 0.4) is 0 Å². The van der Waals surface area contributed by atoms with Gasteiger partial charge in [0.2, 0.25) is 0 Å². The van der Waals surface area contributed by atoms with Crippen LogP contribution in [0.4, 0.5) is 0 Å². The number of rotatable bonds is 10. The lowest BCUT2D eigenvalue weighted by Crippen LogP contribution is -2.17. The Morgan fingerprint density at radius 1 is 1.00 bits per heavy atom. The molecule has 0 aromatic carbocycles. The molecule has 0 heterocycles. The van der Waals surface area contributed by atoms with Gasteiger partial charge >= 0.3 is 0 Å². The molecule has 2 atom stereocenters. The van der Waals surface area contributed by atoms with Crippen LogP contribution in [0.2, 0.25) is 0 Å². The lowest BCUT2D eigenvalue weighted by molar-refractivity contribution is 0.151. The first-order valence-electron chi connectivity index (χ1n) is 5.34. The van der Waals surface area contributed by atoms with E-state index in [2.05, 4.69) is 13.2 Å². The van der Waals surface area contributed by atoms with E-state index >= 15 is 0 Å². The minimum absolute atomic E-state index is 0.313. The van der Waals surface area contributed by atoms with Gasteiger partial charge in [0.1, 0.15) is 0 Å². The molecule has 0 saturated carbocycles. The maximum Gasteiger partial charge on any atom is 0.0620 e. The second-order valence-corrected chi connectivity index (χ2v) is 4.49. The standard InChI is InChI=1S/C12H22O2S/c1-5-11(9-13-7-3)15-12(6-2)10-14-8-4/h5-6,11-12H,1-2,7-10H2,3-4H3. The quantitative estimate of drug-likeness (QED) is 0.538. The molecule has 0 aliphatic heterocycles. The van der Waals surface area contributed by atoms with Crippen LogP contribution in [-0.4, -0.2) is 36.9 Å². The number of ether oxygens (including phenoxy) is 2. The van der Waals surface area contributed by atoms with Gasteiger partial charge < -0.3 is 9.47 Å². The Balaban J connectivity index is 3.88. The highest BCUT2D eigenvalue weighted by molar-refractivity contribution is 8.00. The van der Waals surface area contributed by atoms with Gasteiger partial charge in [-0.25, -0.2) is 0 Å². The van der Waals surface area contributed by atoms with E-state index in [0.29, 0.717) is 23.7 Å². The first-order chi connectivity index (χ1) is 7.28. The maximum atomic E-state index is 5.37. The Morgan fingerprint density at radius 3 is 1.67 bits per heavy atom. The number of hydrogen-bond donors (Lipinski definition) is 0. The second-order valence-electron chi connectivity index (χ2n) is 3.00. The van der Waals surface area contributed by atoms with Crippen molar-refractivity contribution in [1.82, 2.24) is 0 Å². The first-order valence-corrected chi connectivity index (χ1v) is 6.28. The summed E-state index contributed by atoms with van der Waals surface area (Å²) in [6.07, 6.45) is 3.84. The van der Waals surface area contributed by atoms with Gasteiger partial charge in [-0.05, 0) is 13.8 Å². The van der Waals surface area contributed by atoms with Crippen LogP contribution in [0, 0.1) is 0 Å². The first kappa shape index (κ1) is 14.8. The fraction of sp³-hybridized carbons (Fsp3) is 0.667. The summed E-state index contributed by atoms with van der Waals surface area (Å²) in [6, 6.07) is 0. The lowest BCUT2D eigenvalue weighted by atomic mass is 10.4. The van der Waals surface area contributed by atoms with Crippen molar-refractivity contribution in [3.63, 3.8) is 0 Å². The topological polar surface area (TPSA) is 18.5 Å². The normalized spacial score (nSPS) is 14.5. The third-order valence-corrected chi connectivity index (χ3v) is 3.20. The fourth-order valence-corrected chi connectivity index (χ4v) is 2.04. The van der Waals surface area contributed by atoms with E-state index in [4.69, 9.17) is 9.47 Å². The molecule has 0 fully saturated rings. The van der Waals surface area contributed by atoms with Crippen molar-refractivity contribution in [3.8, 4) is 0 Å². The Morgan fingerprint density at radius 2 is 1.40 bits per heavy atom. The van der Waals surface area contributed by atoms with Crippen molar-refractivity contribution >= 4 is 11.8 Å². The predicted molar refractivity (Wildman–Crippen MR) is 68.5 cm³/mol. The van der Waals surface area contributed by atoms with E-state index in [1.54, 1.807) is 11.8 Å². The highest BCUT2D eigenvalue weighted by atomic mass is 32.2. The summed E-state index contributed by atoms with van der Waals surface area (Å²) in [5, 5.41) is 0.627. The molecule has 3 heteroatoms. The molecule has 0 N–H and O–H groups in total. The third-order valence-electron chi connectivity index (χ3n) is 1.85. The van der Waals surface area contributed by atoms with Gasteiger partial charge in [-0.2, -0.15) is 0 Å². The van der Waals surface area contributed by atoms with Crippen molar-refractivity contribution in [2.45, 2.75) is 24.3 Å². The molecule has 0 rings (SSSR count). The van der Waals surface area contributed by atoms with E-state index in [-0.39, 0.29) is 0 Å². The molecule has 15 heavy (non-hydrogen) atoms. The molecule has 2 unspecified atom stereocenters. The zero-order valence-electron chi connectivity index (χ0n) is 9.78. The average molecular weight is 230 g/mol. The monoisotopic (exact) mass is 230 g/mol. The lowest BCUT2D eigenvalue weighted by Gasteiger charge is -2.18. The van der Waals surface area contributed by atoms with Gasteiger partial charge in [-0.15, -0.1) is 24.9 Å². The van der Waals surface area contributed by atoms with Crippen LogP contribution in [0.5, 0.6) is 0 Å². The Labute approximate surface area is 97.7 Å². The van der Waals surface area contributed by atoms with Crippen LogP contribution in [0.25, 0.3) is 0 Å². The van der Waals surface area contributed by atoms with Gasteiger partial charge in [0.15, 0.2) is 0 Å². The molecule has 0 bridgehead atoms. The predicted octanol–water partition coefficient (Wildman–Crippen LogP) is 2.90. The molecule has 0 amide bonds. The SMILES string of the molecule is C=CC(COCC)SC(C=C)COCC. The van der Waals surface area contributed by atoms with Crippen LogP contribution in [0.15, 0.2) is 25.3 Å². The molecule has 0 spiro atoms. The Hall–Kier alpha value is -0.250. The van der Waals surface area contributed by atoms with Gasteiger partial charge in [0.05, 0.1) is 13.2 Å². The summed E-state index contributed by atoms with van der Waals surface area (Å²) >= 11 is 1.78. The van der Waals surface area contributed by atoms with Crippen molar-refractivity contribution < 1.29 is 9.47 Å². The van der Waals surface area contributed by atoms with Crippen LogP contribution < -0.4 is 0 Å². The zero-order valence-corrected chi connectivity index (χ0v) is 10.6. The summed E-state index contributed by atoms with van der Waals surface area (Å²) in [7, 11) is 0. The molecule has 0 radical (unpaired) electrons. The minimum Gasteiger partial charge on any atom is -0.380 e. The highest BCUT2D eigenvalue weighted by Gasteiger charge is 2.12. The molecular formula is C12H22O2S. The summed E-state index contributed by atoms with van der Waals surface area (Å²) in [5.74, 6) is 0. The van der Waals surface area contributed by atoms with Crippen molar-refractivity contribution in [1.29, 1.82) is 0 Å². The van der Waals surface area contributed by atoms with E-state index in [0.717, 1.165) is 13.2 Å². The van der Waals surface area contributed by atoms with E-state index in [1.165, 1.54) is 0 Å². The van der Waals surface area contributed by atoms with Gasteiger partial charge in [0.25, 0.3) is 0 Å². The summed E-state index contributed by atoms with van der Waals surface area (Å²) in [5.41, 5.74) is 0. The fourth-order valence-electron chi connectivity index (χ4n) is 1.02. The average Bonchev–Trinajstić information content (AvgIpc) is 2.28. The molecule has 0 aromatic rings. The van der Waals surface area contributed by atoms with E-state index < -0.39 is 0 Å². The van der Waals surface area contributed by atoms with E-state index in [1.807, 2.05) is 26.0 Å². The summed E-state index contributed by atoms with van der Waals surface area (Å²) in [6.45, 7) is 14.5. The zero-order chi connectivity index (χ0) is 11.5. The summed E-state index contributed by atoms with van der Waals surface area (Å²) in [4.78, 5) is 0. The molecule has 88 valence electrons. The Kier molecular flexibility index (Phi) is 10.1. The second kappa shape index (κ2) is 10.3. The van der Waals surface area contributed by atoms with Crippen LogP contribution in [0.1, 0.15) is 13.8 Å². The van der Waals surface area contributed by atoms with Crippen molar-refractivity contribution in [2.24, 2.45) is 0 Å². The smallest absolute Gasteiger partial charge is 0.0620 e. The third kappa shape index (κ3) is 7.65. The number of thioether (sulfide) groups is 1. The molecule has 0 aliphatic carbocycles. The van der Waals surface area contributed by atoms with Gasteiger partial charge in [0, 0.05) is 23.7 Å². The molecule has 0 aromatic heterocycles. The largest absolute Gasteiger partial charge is 0.380 e. The maximum absolute atomic E-state index is 5.37. The van der Waals surface area contributed by atoms with Crippen LogP contribution in [-0.2, 0) is 9.47 Å². The van der Waals surface area contributed by atoms with E-state index in [9.17, 15) is 0 Å². The molecule has 0 aliphatic rings.